The maximum atomic E-state index is 11.7. The monoisotopic (exact) mass is 444 g/mol. The molecule has 0 bridgehead atoms. The lowest BCUT2D eigenvalue weighted by Gasteiger charge is -2.19. The van der Waals surface area contributed by atoms with Crippen LogP contribution in [0.1, 0.15) is 0 Å². The number of fused-ring (bicyclic) bond motifs is 1. The van der Waals surface area contributed by atoms with Crippen LogP contribution in [0.2, 0.25) is 0 Å². The molecular weight excluding hydrogens is 432 g/mol. The zero-order chi connectivity index (χ0) is 19.5. The number of hydrogen-bond acceptors (Lipinski definition) is 9. The molecule has 3 aromatic rings. The number of benzene rings is 1. The summed E-state index contributed by atoms with van der Waals surface area (Å²) in [5, 5.41) is 17.5. The van der Waals surface area contributed by atoms with Crippen molar-refractivity contribution in [1.29, 1.82) is 0 Å². The van der Waals surface area contributed by atoms with Crippen LogP contribution in [0.5, 0.6) is 11.5 Å². The summed E-state index contributed by atoms with van der Waals surface area (Å²) in [6, 6.07) is 8.59. The molecule has 10 nitrogen and oxygen atoms in total. The Balaban J connectivity index is 1.65. The lowest BCUT2D eigenvalue weighted by Crippen LogP contribution is -2.15. The van der Waals surface area contributed by atoms with E-state index in [1.807, 2.05) is 0 Å². The second-order valence-corrected chi connectivity index (χ2v) is 6.56. The van der Waals surface area contributed by atoms with Crippen molar-refractivity contribution in [1.82, 2.24) is 15.0 Å². The lowest BCUT2D eigenvalue weighted by atomic mass is 10.2. The van der Waals surface area contributed by atoms with Gasteiger partial charge in [0.05, 0.1) is 4.92 Å². The van der Waals surface area contributed by atoms with E-state index in [9.17, 15) is 10.1 Å². The van der Waals surface area contributed by atoms with Gasteiger partial charge < -0.3 is 20.1 Å². The summed E-state index contributed by atoms with van der Waals surface area (Å²) in [6.45, 7) is 0.925. The number of pyridine rings is 1. The molecule has 0 atom stereocenters. The van der Waals surface area contributed by atoms with Crippen LogP contribution in [-0.4, -0.2) is 33.1 Å². The molecule has 0 radical (unpaired) electrons. The Morgan fingerprint density at radius 3 is 2.46 bits per heavy atom. The van der Waals surface area contributed by atoms with Gasteiger partial charge >= 0.3 is 5.69 Å². The summed E-state index contributed by atoms with van der Waals surface area (Å²) < 4.78 is 11.8. The van der Waals surface area contributed by atoms with E-state index in [2.05, 4.69) is 41.5 Å². The molecule has 2 N–H and O–H groups in total. The van der Waals surface area contributed by atoms with Crippen LogP contribution < -0.4 is 20.1 Å². The summed E-state index contributed by atoms with van der Waals surface area (Å²) in [5.74, 6) is 1.66. The molecular formula is C17H13BrN6O4. The van der Waals surface area contributed by atoms with Crippen molar-refractivity contribution in [3.63, 3.8) is 0 Å². The van der Waals surface area contributed by atoms with E-state index in [1.165, 1.54) is 6.33 Å². The van der Waals surface area contributed by atoms with E-state index >= 15 is 0 Å². The highest BCUT2D eigenvalue weighted by Crippen LogP contribution is 2.36. The zero-order valence-electron chi connectivity index (χ0n) is 14.3. The molecule has 11 heteroatoms. The molecule has 28 heavy (non-hydrogen) atoms. The Bertz CT molecular complexity index is 1030. The van der Waals surface area contributed by atoms with Gasteiger partial charge in [-0.1, -0.05) is 0 Å². The Morgan fingerprint density at radius 1 is 1.00 bits per heavy atom. The van der Waals surface area contributed by atoms with Gasteiger partial charge in [-0.15, -0.1) is 0 Å². The molecule has 0 amide bonds. The SMILES string of the molecule is O=[N+]([O-])c1c(Nc2ccc3c(c2)OCCO3)ncnc1Nc1ccc(Br)cn1. The maximum Gasteiger partial charge on any atom is 0.353 e. The van der Waals surface area contributed by atoms with E-state index in [4.69, 9.17) is 9.47 Å². The first-order valence-corrected chi connectivity index (χ1v) is 8.94. The van der Waals surface area contributed by atoms with E-state index in [-0.39, 0.29) is 17.3 Å². The van der Waals surface area contributed by atoms with Gasteiger partial charge in [0.1, 0.15) is 25.4 Å². The minimum Gasteiger partial charge on any atom is -0.486 e. The highest BCUT2D eigenvalue weighted by atomic mass is 79.9. The number of nitrogens with zero attached hydrogens (tertiary/aromatic N) is 4. The third-order valence-electron chi connectivity index (χ3n) is 3.78. The lowest BCUT2D eigenvalue weighted by molar-refractivity contribution is -0.383. The quantitative estimate of drug-likeness (QED) is 0.446. The van der Waals surface area contributed by atoms with E-state index in [0.717, 1.165) is 4.47 Å². The fourth-order valence-corrected chi connectivity index (χ4v) is 2.80. The van der Waals surface area contributed by atoms with Crippen molar-refractivity contribution in [2.75, 3.05) is 23.8 Å². The van der Waals surface area contributed by atoms with Crippen LogP contribution in [0.15, 0.2) is 47.3 Å². The number of halogens is 1. The fraction of sp³-hybridized carbons (Fsp3) is 0.118. The first-order chi connectivity index (χ1) is 13.6. The Labute approximate surface area is 167 Å². The van der Waals surface area contributed by atoms with Crippen molar-refractivity contribution in [3.8, 4) is 11.5 Å². The largest absolute Gasteiger partial charge is 0.486 e. The Kier molecular flexibility index (Phi) is 4.89. The Hall–Kier alpha value is -3.47. The van der Waals surface area contributed by atoms with Crippen LogP contribution >= 0.6 is 15.9 Å². The van der Waals surface area contributed by atoms with E-state index in [1.54, 1.807) is 36.5 Å². The number of nitrogens with one attached hydrogen (secondary N) is 2. The average molecular weight is 445 g/mol. The molecule has 4 rings (SSSR count). The summed E-state index contributed by atoms with van der Waals surface area (Å²) in [7, 11) is 0. The van der Waals surface area contributed by atoms with Crippen LogP contribution in [0.4, 0.5) is 28.8 Å². The van der Waals surface area contributed by atoms with Gasteiger partial charge in [-0.05, 0) is 40.2 Å². The summed E-state index contributed by atoms with van der Waals surface area (Å²) >= 11 is 3.29. The molecule has 1 aliphatic rings. The van der Waals surface area contributed by atoms with Gasteiger partial charge in [0.25, 0.3) is 0 Å². The van der Waals surface area contributed by atoms with Gasteiger partial charge in [0.2, 0.25) is 11.6 Å². The van der Waals surface area contributed by atoms with Gasteiger partial charge in [0, 0.05) is 22.4 Å². The third kappa shape index (κ3) is 3.78. The molecule has 0 saturated heterocycles. The highest BCUT2D eigenvalue weighted by molar-refractivity contribution is 9.10. The van der Waals surface area contributed by atoms with Crippen LogP contribution in [0.3, 0.4) is 0 Å². The molecule has 0 aliphatic carbocycles. The molecule has 142 valence electrons. The van der Waals surface area contributed by atoms with Gasteiger partial charge in [-0.2, -0.15) is 0 Å². The number of ether oxygens (including phenoxy) is 2. The molecule has 0 fully saturated rings. The van der Waals surface area contributed by atoms with Crippen LogP contribution in [0, 0.1) is 10.1 Å². The summed E-state index contributed by atoms with van der Waals surface area (Å²) in [5.41, 5.74) is 0.265. The number of rotatable bonds is 5. The van der Waals surface area contributed by atoms with Crippen molar-refractivity contribution < 1.29 is 14.4 Å². The average Bonchev–Trinajstić information content (AvgIpc) is 2.69. The standard InChI is InChI=1S/C17H13BrN6O4/c18-10-1-4-14(19-8-10)23-17-15(24(25)26)16(20-9-21-17)22-11-2-3-12-13(7-11)28-6-5-27-12/h1-4,7-9H,5-6H2,(H2,19,20,21,22,23). The van der Waals surface area contributed by atoms with E-state index < -0.39 is 4.92 Å². The molecule has 1 aromatic carbocycles. The number of aromatic nitrogens is 3. The van der Waals surface area contributed by atoms with Crippen LogP contribution in [0.25, 0.3) is 0 Å². The van der Waals surface area contributed by atoms with Crippen molar-refractivity contribution in [3.05, 3.63) is 57.4 Å². The minimum absolute atomic E-state index is 0.0230. The van der Waals surface area contributed by atoms with Crippen molar-refractivity contribution in [2.45, 2.75) is 0 Å². The molecule has 3 heterocycles. The second-order valence-electron chi connectivity index (χ2n) is 5.65. The number of anilines is 4. The smallest absolute Gasteiger partial charge is 0.353 e. The highest BCUT2D eigenvalue weighted by Gasteiger charge is 2.24. The molecule has 0 saturated carbocycles. The van der Waals surface area contributed by atoms with E-state index in [0.29, 0.717) is 36.2 Å². The van der Waals surface area contributed by atoms with Gasteiger partial charge in [-0.25, -0.2) is 15.0 Å². The predicted molar refractivity (Wildman–Crippen MR) is 105 cm³/mol. The molecule has 0 spiro atoms. The summed E-state index contributed by atoms with van der Waals surface area (Å²) in [4.78, 5) is 23.3. The molecule has 0 unspecified atom stereocenters. The number of hydrogen-bond donors (Lipinski definition) is 2. The van der Waals surface area contributed by atoms with Crippen molar-refractivity contribution in [2.24, 2.45) is 0 Å². The fourth-order valence-electron chi connectivity index (χ4n) is 2.56. The minimum atomic E-state index is -0.554. The number of nitro groups is 1. The van der Waals surface area contributed by atoms with Gasteiger partial charge in [0.15, 0.2) is 11.5 Å². The zero-order valence-corrected chi connectivity index (χ0v) is 15.8. The first kappa shape index (κ1) is 17.9. The first-order valence-electron chi connectivity index (χ1n) is 8.15. The maximum absolute atomic E-state index is 11.7. The second kappa shape index (κ2) is 7.64. The molecule has 1 aliphatic heterocycles. The predicted octanol–water partition coefficient (Wildman–Crippen LogP) is 3.80. The topological polar surface area (TPSA) is 124 Å². The van der Waals surface area contributed by atoms with Crippen molar-refractivity contribution >= 4 is 44.8 Å². The normalized spacial score (nSPS) is 12.3. The third-order valence-corrected chi connectivity index (χ3v) is 4.25. The molecule has 2 aromatic heterocycles. The van der Waals surface area contributed by atoms with Gasteiger partial charge in [-0.3, -0.25) is 10.1 Å². The van der Waals surface area contributed by atoms with Crippen LogP contribution in [-0.2, 0) is 0 Å². The summed E-state index contributed by atoms with van der Waals surface area (Å²) in [6.07, 6.45) is 2.80. The Morgan fingerprint density at radius 2 is 1.75 bits per heavy atom.